The summed E-state index contributed by atoms with van der Waals surface area (Å²) in [7, 11) is 0. The largest absolute Gasteiger partial charge is 0.236 e. The first-order valence-corrected chi connectivity index (χ1v) is 8.11. The van der Waals surface area contributed by atoms with Gasteiger partial charge >= 0.3 is 0 Å². The van der Waals surface area contributed by atoms with Gasteiger partial charge in [-0.15, -0.1) is 11.8 Å². The Morgan fingerprint density at radius 1 is 0.812 bits per heavy atom. The Morgan fingerprint density at radius 3 is 2.00 bits per heavy atom. The maximum atomic E-state index is 13.4. The van der Waals surface area contributed by atoms with Crippen molar-refractivity contribution in [3.8, 4) is 0 Å². The molecule has 0 aromatic heterocycles. The Hall–Kier alpha value is 0.280. The van der Waals surface area contributed by atoms with E-state index in [2.05, 4.69) is 13.8 Å². The summed E-state index contributed by atoms with van der Waals surface area (Å²) in [6.07, 6.45) is 12.0. The lowest BCUT2D eigenvalue weighted by Gasteiger charge is -2.07. The van der Waals surface area contributed by atoms with Crippen molar-refractivity contribution in [1.82, 2.24) is 0 Å². The average molecular weight is 248 g/mol. The van der Waals surface area contributed by atoms with Gasteiger partial charge in [0, 0.05) is 0 Å². The molecule has 0 aliphatic carbocycles. The summed E-state index contributed by atoms with van der Waals surface area (Å²) in [6.45, 7) is 4.42. The minimum atomic E-state index is -0.608. The highest BCUT2D eigenvalue weighted by Crippen LogP contribution is 2.21. The van der Waals surface area contributed by atoms with E-state index in [-0.39, 0.29) is 0 Å². The molecule has 0 amide bonds. The number of unbranched alkanes of at least 4 members (excludes halogenated alkanes) is 7. The molecule has 0 aliphatic heterocycles. The van der Waals surface area contributed by atoms with Gasteiger partial charge < -0.3 is 0 Å². The average Bonchev–Trinajstić information content (AvgIpc) is 2.29. The first-order valence-electron chi connectivity index (χ1n) is 7.07. The molecule has 0 fully saturated rings. The monoisotopic (exact) mass is 248 g/mol. The zero-order chi connectivity index (χ0) is 12.1. The van der Waals surface area contributed by atoms with Gasteiger partial charge in [0.15, 0.2) is 0 Å². The smallest absolute Gasteiger partial charge is 0.145 e. The molecular weight excluding hydrogens is 219 g/mol. The van der Waals surface area contributed by atoms with Gasteiger partial charge in [-0.05, 0) is 25.0 Å². The fourth-order valence-electron chi connectivity index (χ4n) is 1.73. The summed E-state index contributed by atoms with van der Waals surface area (Å²) in [5.74, 6) is 1.01. The molecule has 0 aromatic rings. The van der Waals surface area contributed by atoms with E-state index >= 15 is 0 Å². The van der Waals surface area contributed by atoms with Gasteiger partial charge in [0.25, 0.3) is 0 Å². The van der Waals surface area contributed by atoms with Crippen molar-refractivity contribution in [3.63, 3.8) is 0 Å². The lowest BCUT2D eigenvalue weighted by molar-refractivity contribution is 0.412. The van der Waals surface area contributed by atoms with E-state index in [1.54, 1.807) is 0 Å². The maximum Gasteiger partial charge on any atom is 0.145 e. The van der Waals surface area contributed by atoms with Crippen LogP contribution in [0.5, 0.6) is 0 Å². The molecule has 0 nitrogen and oxygen atoms in total. The third-order valence-electron chi connectivity index (χ3n) is 2.83. The molecule has 0 saturated carbocycles. The zero-order valence-corrected chi connectivity index (χ0v) is 12.0. The Bertz CT molecular complexity index is 128. The Morgan fingerprint density at radius 2 is 1.38 bits per heavy atom. The molecule has 0 N–H and O–H groups in total. The summed E-state index contributed by atoms with van der Waals surface area (Å²) in [6, 6.07) is 0. The van der Waals surface area contributed by atoms with Crippen LogP contribution >= 0.6 is 11.8 Å². The number of rotatable bonds is 12. The predicted molar refractivity (Wildman–Crippen MR) is 74.9 cm³/mol. The van der Waals surface area contributed by atoms with Gasteiger partial charge in [0.05, 0.1) is 0 Å². The van der Waals surface area contributed by atoms with Gasteiger partial charge in [0.2, 0.25) is 0 Å². The second kappa shape index (κ2) is 13.3. The van der Waals surface area contributed by atoms with Crippen LogP contribution in [-0.2, 0) is 0 Å². The van der Waals surface area contributed by atoms with E-state index in [9.17, 15) is 4.39 Å². The third-order valence-corrected chi connectivity index (χ3v) is 3.95. The molecule has 98 valence electrons. The molecule has 0 rings (SSSR count). The van der Waals surface area contributed by atoms with Crippen molar-refractivity contribution < 1.29 is 4.39 Å². The maximum absolute atomic E-state index is 13.4. The fraction of sp³-hybridized carbons (Fsp3) is 1.00. The second-order valence-electron chi connectivity index (χ2n) is 4.54. The molecule has 0 radical (unpaired) electrons. The highest BCUT2D eigenvalue weighted by atomic mass is 32.2. The molecule has 1 atom stereocenters. The molecule has 0 heterocycles. The van der Waals surface area contributed by atoms with Gasteiger partial charge in [0.1, 0.15) is 5.50 Å². The fourth-order valence-corrected chi connectivity index (χ4v) is 2.69. The lowest BCUT2D eigenvalue weighted by Crippen LogP contribution is -1.96. The van der Waals surface area contributed by atoms with Crippen molar-refractivity contribution in [3.05, 3.63) is 0 Å². The van der Waals surface area contributed by atoms with E-state index in [4.69, 9.17) is 0 Å². The Kier molecular flexibility index (Phi) is 13.6. The summed E-state index contributed by atoms with van der Waals surface area (Å²) in [5, 5.41) is 0. The lowest BCUT2D eigenvalue weighted by atomic mass is 10.2. The Balaban J connectivity index is 3.08. The molecule has 2 heteroatoms. The highest BCUT2D eigenvalue weighted by Gasteiger charge is 2.05. The minimum Gasteiger partial charge on any atom is -0.236 e. The van der Waals surface area contributed by atoms with Crippen molar-refractivity contribution in [2.45, 2.75) is 83.6 Å². The summed E-state index contributed by atoms with van der Waals surface area (Å²) in [5.41, 5.74) is -0.608. The number of alkyl halides is 1. The molecular formula is C14H29FS. The summed E-state index contributed by atoms with van der Waals surface area (Å²) in [4.78, 5) is 0. The number of hydrogen-bond donors (Lipinski definition) is 0. The van der Waals surface area contributed by atoms with E-state index in [0.717, 1.165) is 18.6 Å². The predicted octanol–water partition coefficient (Wildman–Crippen LogP) is 5.96. The van der Waals surface area contributed by atoms with Crippen LogP contribution in [0, 0.1) is 0 Å². The highest BCUT2D eigenvalue weighted by molar-refractivity contribution is 7.99. The van der Waals surface area contributed by atoms with Crippen molar-refractivity contribution in [2.24, 2.45) is 0 Å². The third kappa shape index (κ3) is 12.4. The number of thioether (sulfide) groups is 1. The quantitative estimate of drug-likeness (QED) is 0.384. The van der Waals surface area contributed by atoms with Crippen LogP contribution in [0.15, 0.2) is 0 Å². The van der Waals surface area contributed by atoms with Gasteiger partial charge in [-0.1, -0.05) is 58.8 Å². The van der Waals surface area contributed by atoms with E-state index in [1.165, 1.54) is 63.1 Å². The first kappa shape index (κ1) is 16.3. The van der Waals surface area contributed by atoms with E-state index in [0.29, 0.717) is 0 Å². The zero-order valence-electron chi connectivity index (χ0n) is 11.1. The van der Waals surface area contributed by atoms with Crippen LogP contribution in [0.4, 0.5) is 4.39 Å². The van der Waals surface area contributed by atoms with Crippen molar-refractivity contribution in [2.75, 3.05) is 5.75 Å². The molecule has 0 aliphatic rings. The Labute approximate surface area is 106 Å². The van der Waals surface area contributed by atoms with Crippen LogP contribution in [-0.4, -0.2) is 11.3 Å². The van der Waals surface area contributed by atoms with Gasteiger partial charge in [-0.25, -0.2) is 4.39 Å². The minimum absolute atomic E-state index is 0.608. The SMILES string of the molecule is CCCCCCCSC(F)CCCCCC. The molecule has 0 spiro atoms. The summed E-state index contributed by atoms with van der Waals surface area (Å²) < 4.78 is 13.4. The first-order chi connectivity index (χ1) is 7.81. The van der Waals surface area contributed by atoms with Crippen LogP contribution in [0.1, 0.15) is 78.1 Å². The van der Waals surface area contributed by atoms with E-state index in [1.807, 2.05) is 0 Å². The van der Waals surface area contributed by atoms with Gasteiger partial charge in [-0.3, -0.25) is 0 Å². The molecule has 0 aromatic carbocycles. The van der Waals surface area contributed by atoms with Gasteiger partial charge in [-0.2, -0.15) is 0 Å². The van der Waals surface area contributed by atoms with Crippen LogP contribution in [0.3, 0.4) is 0 Å². The number of halogens is 1. The topological polar surface area (TPSA) is 0 Å². The molecule has 16 heavy (non-hydrogen) atoms. The van der Waals surface area contributed by atoms with Crippen molar-refractivity contribution in [1.29, 1.82) is 0 Å². The van der Waals surface area contributed by atoms with Crippen LogP contribution in [0.25, 0.3) is 0 Å². The normalized spacial score (nSPS) is 12.9. The number of hydrogen-bond acceptors (Lipinski definition) is 1. The summed E-state index contributed by atoms with van der Waals surface area (Å²) >= 11 is 1.53. The van der Waals surface area contributed by atoms with Crippen LogP contribution < -0.4 is 0 Å². The second-order valence-corrected chi connectivity index (χ2v) is 5.80. The van der Waals surface area contributed by atoms with Crippen molar-refractivity contribution >= 4 is 11.8 Å². The molecule has 1 unspecified atom stereocenters. The standard InChI is InChI=1S/C14H29FS/c1-3-5-7-9-11-13-16-14(15)12-10-8-6-4-2/h14H,3-13H2,1-2H3. The molecule has 0 bridgehead atoms. The molecule has 0 saturated heterocycles. The van der Waals surface area contributed by atoms with E-state index < -0.39 is 5.50 Å². The van der Waals surface area contributed by atoms with Crippen LogP contribution in [0.2, 0.25) is 0 Å².